The van der Waals surface area contributed by atoms with Gasteiger partial charge in [0.1, 0.15) is 0 Å². The van der Waals surface area contributed by atoms with Gasteiger partial charge in [-0.05, 0) is 24.6 Å². The van der Waals surface area contributed by atoms with Crippen LogP contribution in [0.15, 0.2) is 53.6 Å². The number of nitrogens with one attached hydrogen (secondary N) is 1. The maximum absolute atomic E-state index is 12.4. The van der Waals surface area contributed by atoms with Gasteiger partial charge >= 0.3 is 5.97 Å². The van der Waals surface area contributed by atoms with Crippen molar-refractivity contribution in [1.82, 2.24) is 5.01 Å². The van der Waals surface area contributed by atoms with Crippen molar-refractivity contribution < 1.29 is 28.6 Å². The van der Waals surface area contributed by atoms with Gasteiger partial charge in [-0.25, -0.2) is 5.01 Å². The molecule has 0 aliphatic carbocycles. The minimum Gasteiger partial charge on any atom is -0.454 e. The molecule has 1 N–H and O–H groups in total. The summed E-state index contributed by atoms with van der Waals surface area (Å²) in [6, 6.07) is 14.6. The van der Waals surface area contributed by atoms with Crippen LogP contribution in [-0.4, -0.2) is 47.9 Å². The highest BCUT2D eigenvalue weighted by Crippen LogP contribution is 2.34. The predicted octanol–water partition coefficient (Wildman–Crippen LogP) is 2.70. The summed E-state index contributed by atoms with van der Waals surface area (Å²) in [6.07, 6.45) is -0.525. The average molecular weight is 437 g/mol. The molecule has 0 fully saturated rings. The first-order valence-electron chi connectivity index (χ1n) is 10.3. The lowest BCUT2D eigenvalue weighted by Gasteiger charge is -2.14. The van der Waals surface area contributed by atoms with E-state index in [0.717, 1.165) is 11.3 Å². The fraction of sp³-hybridized carbons (Fsp3) is 0.304. The Hall–Kier alpha value is -3.88. The second kappa shape index (κ2) is 9.51. The number of esters is 1. The zero-order valence-electron chi connectivity index (χ0n) is 17.6. The van der Waals surface area contributed by atoms with Gasteiger partial charge in [0.05, 0.1) is 18.7 Å². The smallest absolute Gasteiger partial charge is 0.307 e. The molecule has 9 heteroatoms. The Morgan fingerprint density at radius 1 is 1.09 bits per heavy atom. The van der Waals surface area contributed by atoms with Crippen molar-refractivity contribution >= 4 is 29.2 Å². The Kier molecular flexibility index (Phi) is 6.34. The van der Waals surface area contributed by atoms with Crippen molar-refractivity contribution in [2.75, 3.05) is 18.7 Å². The summed E-state index contributed by atoms with van der Waals surface area (Å²) in [5, 5.41) is 8.40. The summed E-state index contributed by atoms with van der Waals surface area (Å²) in [5.74, 6) is -0.236. The van der Waals surface area contributed by atoms with Crippen molar-refractivity contribution in [3.8, 4) is 11.5 Å². The van der Waals surface area contributed by atoms with Crippen LogP contribution in [0.5, 0.6) is 11.5 Å². The number of fused-ring (bicyclic) bond motifs is 1. The van der Waals surface area contributed by atoms with E-state index < -0.39 is 18.0 Å². The van der Waals surface area contributed by atoms with Gasteiger partial charge in [0.15, 0.2) is 17.6 Å². The molecule has 2 aromatic carbocycles. The number of nitrogens with zero attached hydrogens (tertiary/aromatic N) is 2. The van der Waals surface area contributed by atoms with Crippen LogP contribution < -0.4 is 14.8 Å². The molecular formula is C23H23N3O6. The van der Waals surface area contributed by atoms with E-state index in [1.54, 1.807) is 18.2 Å². The number of anilines is 1. The molecule has 2 aliphatic heterocycles. The van der Waals surface area contributed by atoms with E-state index in [1.807, 2.05) is 30.3 Å². The third-order valence-corrected chi connectivity index (χ3v) is 5.06. The number of hydrogen-bond donors (Lipinski definition) is 1. The Balaban J connectivity index is 1.22. The van der Waals surface area contributed by atoms with Crippen molar-refractivity contribution in [2.24, 2.45) is 5.10 Å². The third-order valence-electron chi connectivity index (χ3n) is 5.06. The molecule has 0 bridgehead atoms. The highest BCUT2D eigenvalue weighted by atomic mass is 16.7. The summed E-state index contributed by atoms with van der Waals surface area (Å²) in [6.45, 7) is 2.08. The molecule has 2 aliphatic rings. The molecule has 4 rings (SSSR count). The van der Waals surface area contributed by atoms with Gasteiger partial charge in [-0.2, -0.15) is 5.10 Å². The third kappa shape index (κ3) is 5.05. The zero-order valence-corrected chi connectivity index (χ0v) is 17.6. The van der Waals surface area contributed by atoms with Crippen LogP contribution in [-0.2, 0) is 19.1 Å². The number of benzene rings is 2. The molecular weight excluding hydrogens is 414 g/mol. The normalized spacial score (nSPS) is 15.2. The van der Waals surface area contributed by atoms with Crippen LogP contribution in [0.3, 0.4) is 0 Å². The van der Waals surface area contributed by atoms with E-state index >= 15 is 0 Å². The molecule has 0 radical (unpaired) electrons. The fourth-order valence-electron chi connectivity index (χ4n) is 3.34. The molecule has 0 saturated carbocycles. The number of carbonyl (C=O) groups is 3. The van der Waals surface area contributed by atoms with E-state index in [-0.39, 0.29) is 25.5 Å². The minimum atomic E-state index is -1.02. The second-order valence-electron chi connectivity index (χ2n) is 7.37. The highest BCUT2D eigenvalue weighted by molar-refractivity contribution is 6.02. The first kappa shape index (κ1) is 21.4. The Morgan fingerprint density at radius 3 is 2.69 bits per heavy atom. The van der Waals surface area contributed by atoms with Gasteiger partial charge in [0, 0.05) is 24.6 Å². The minimum absolute atomic E-state index is 0.0408. The predicted molar refractivity (Wildman–Crippen MR) is 115 cm³/mol. The number of hydrazone groups is 1. The first-order chi connectivity index (χ1) is 15.5. The van der Waals surface area contributed by atoms with Crippen molar-refractivity contribution in [3.63, 3.8) is 0 Å². The Bertz CT molecular complexity index is 1050. The largest absolute Gasteiger partial charge is 0.454 e. The molecule has 1 unspecified atom stereocenters. The number of carbonyl (C=O) groups excluding carboxylic acids is 3. The second-order valence-corrected chi connectivity index (χ2v) is 7.37. The SMILES string of the molecule is CC(OC(=O)CCC(=O)N1CCC(c2ccccc2)=N1)C(=O)Nc1ccc2c(c1)OCO2. The first-order valence-corrected chi connectivity index (χ1v) is 10.3. The molecule has 166 valence electrons. The molecule has 1 atom stereocenters. The summed E-state index contributed by atoms with van der Waals surface area (Å²) in [4.78, 5) is 36.8. The van der Waals surface area contributed by atoms with Gasteiger partial charge in [0.25, 0.3) is 5.91 Å². The van der Waals surface area contributed by atoms with Gasteiger partial charge < -0.3 is 19.5 Å². The van der Waals surface area contributed by atoms with E-state index in [4.69, 9.17) is 14.2 Å². The molecule has 0 spiro atoms. The number of amides is 2. The topological polar surface area (TPSA) is 107 Å². The number of hydrogen-bond acceptors (Lipinski definition) is 7. The van der Waals surface area contributed by atoms with Crippen LogP contribution in [0.1, 0.15) is 31.7 Å². The van der Waals surface area contributed by atoms with Crippen LogP contribution in [0, 0.1) is 0 Å². The lowest BCUT2D eigenvalue weighted by Crippen LogP contribution is -2.30. The van der Waals surface area contributed by atoms with Crippen LogP contribution in [0.2, 0.25) is 0 Å². The van der Waals surface area contributed by atoms with Gasteiger partial charge in [-0.1, -0.05) is 30.3 Å². The van der Waals surface area contributed by atoms with E-state index in [9.17, 15) is 14.4 Å². The summed E-state index contributed by atoms with van der Waals surface area (Å²) in [5.41, 5.74) is 2.32. The Labute approximate surface area is 184 Å². The van der Waals surface area contributed by atoms with Crippen molar-refractivity contribution in [2.45, 2.75) is 32.3 Å². The lowest BCUT2D eigenvalue weighted by atomic mass is 10.1. The molecule has 2 heterocycles. The van der Waals surface area contributed by atoms with Crippen LogP contribution in [0.25, 0.3) is 0 Å². The summed E-state index contributed by atoms with van der Waals surface area (Å²) >= 11 is 0. The monoisotopic (exact) mass is 437 g/mol. The van der Waals surface area contributed by atoms with Gasteiger partial charge in [0.2, 0.25) is 12.7 Å². The summed E-state index contributed by atoms with van der Waals surface area (Å²) in [7, 11) is 0. The molecule has 2 aromatic rings. The lowest BCUT2D eigenvalue weighted by molar-refractivity contribution is -0.154. The van der Waals surface area contributed by atoms with Gasteiger partial charge in [-0.3, -0.25) is 14.4 Å². The van der Waals surface area contributed by atoms with Gasteiger partial charge in [-0.15, -0.1) is 0 Å². The molecule has 0 saturated heterocycles. The molecule has 9 nitrogen and oxygen atoms in total. The maximum Gasteiger partial charge on any atom is 0.307 e. The maximum atomic E-state index is 12.4. The van der Waals surface area contributed by atoms with E-state index in [1.165, 1.54) is 11.9 Å². The standard InChI is InChI=1S/C23H23N3O6/c1-15(23(29)24-17-7-8-19-20(13-17)31-14-30-19)32-22(28)10-9-21(27)26-12-11-18(25-26)16-5-3-2-4-6-16/h2-8,13,15H,9-12,14H2,1H3,(H,24,29). The van der Waals surface area contributed by atoms with E-state index in [0.29, 0.717) is 30.2 Å². The molecule has 2 amide bonds. The van der Waals surface area contributed by atoms with Crippen LogP contribution in [0.4, 0.5) is 5.69 Å². The van der Waals surface area contributed by atoms with Crippen LogP contribution >= 0.6 is 0 Å². The van der Waals surface area contributed by atoms with Crippen molar-refractivity contribution in [1.29, 1.82) is 0 Å². The Morgan fingerprint density at radius 2 is 1.88 bits per heavy atom. The van der Waals surface area contributed by atoms with E-state index in [2.05, 4.69) is 10.4 Å². The number of rotatable bonds is 7. The average Bonchev–Trinajstić information content (AvgIpc) is 3.47. The fourth-order valence-corrected chi connectivity index (χ4v) is 3.34. The molecule has 32 heavy (non-hydrogen) atoms. The zero-order chi connectivity index (χ0) is 22.5. The number of ether oxygens (including phenoxy) is 3. The van der Waals surface area contributed by atoms with Crippen molar-refractivity contribution in [3.05, 3.63) is 54.1 Å². The molecule has 0 aromatic heterocycles. The highest BCUT2D eigenvalue weighted by Gasteiger charge is 2.24. The quantitative estimate of drug-likeness (QED) is 0.668. The summed E-state index contributed by atoms with van der Waals surface area (Å²) < 4.78 is 15.7.